The topological polar surface area (TPSA) is 46.2 Å². The van der Waals surface area contributed by atoms with Gasteiger partial charge in [-0.25, -0.2) is 0 Å². The van der Waals surface area contributed by atoms with Gasteiger partial charge in [0, 0.05) is 13.5 Å². The smallest absolute Gasteiger partial charge is 0.233 e. The van der Waals surface area contributed by atoms with Crippen LogP contribution in [0.1, 0.15) is 26.7 Å². The Hall–Kier alpha value is -0.380. The molecule has 0 aliphatic rings. The third kappa shape index (κ3) is 7.72. The molecule has 0 aliphatic carbocycles. The average molecular weight is 238 g/mol. The number of hydrogen-bond acceptors (Lipinski definition) is 2. The molecule has 1 atom stereocenters. The molecule has 4 heteroatoms. The summed E-state index contributed by atoms with van der Waals surface area (Å²) in [7, 11) is 1.57. The Bertz CT molecular complexity index is 128. The number of carbonyl (C=O) groups is 2. The molecule has 0 saturated carbocycles. The number of alkyl halides is 1. The van der Waals surface area contributed by atoms with Crippen LogP contribution >= 0.6 is 15.9 Å². The van der Waals surface area contributed by atoms with Crippen LogP contribution < -0.4 is 5.32 Å². The molecule has 0 heterocycles. The fourth-order valence-corrected chi connectivity index (χ4v) is 0.995. The summed E-state index contributed by atoms with van der Waals surface area (Å²) in [6.07, 6.45) is 1.78. The zero-order chi connectivity index (χ0) is 9.98. The monoisotopic (exact) mass is 237 g/mol. The molecule has 1 unspecified atom stereocenters. The molecule has 0 aliphatic heterocycles. The van der Waals surface area contributed by atoms with Gasteiger partial charge >= 0.3 is 0 Å². The predicted octanol–water partition coefficient (Wildman–Crippen LogP) is 1.50. The van der Waals surface area contributed by atoms with E-state index in [2.05, 4.69) is 21.2 Å². The summed E-state index contributed by atoms with van der Waals surface area (Å²) in [6, 6.07) is 0. The third-order valence-corrected chi connectivity index (χ3v) is 1.94. The van der Waals surface area contributed by atoms with Crippen LogP contribution in [-0.2, 0) is 9.59 Å². The molecule has 1 N–H and O–H groups in total. The Kier molecular flexibility index (Phi) is 12.5. The fourth-order valence-electron chi connectivity index (χ4n) is 0.502. The maximum Gasteiger partial charge on any atom is 0.233 e. The predicted molar refractivity (Wildman–Crippen MR) is 53.4 cm³/mol. The first-order valence-corrected chi connectivity index (χ1v) is 4.93. The number of rotatable bonds is 4. The van der Waals surface area contributed by atoms with E-state index >= 15 is 0 Å². The molecule has 0 saturated heterocycles. The van der Waals surface area contributed by atoms with Crippen molar-refractivity contribution in [3.63, 3.8) is 0 Å². The lowest BCUT2D eigenvalue weighted by Crippen LogP contribution is -2.27. The lowest BCUT2D eigenvalue weighted by atomic mass is 10.2. The minimum atomic E-state index is -0.234. The van der Waals surface area contributed by atoms with Crippen molar-refractivity contribution in [2.24, 2.45) is 0 Å². The molecular weight excluding hydrogens is 222 g/mol. The molecule has 0 rings (SSSR count). The van der Waals surface area contributed by atoms with Crippen LogP contribution in [0.15, 0.2) is 0 Å². The van der Waals surface area contributed by atoms with Crippen molar-refractivity contribution in [1.29, 1.82) is 0 Å². The van der Waals surface area contributed by atoms with Crippen LogP contribution in [0.4, 0.5) is 0 Å². The minimum Gasteiger partial charge on any atom is -0.358 e. The summed E-state index contributed by atoms with van der Waals surface area (Å²) in [5.74, 6) is -0.0816. The number of carbonyl (C=O) groups excluding carboxylic acids is 2. The number of aldehydes is 1. The zero-order valence-electron chi connectivity index (χ0n) is 7.76. The van der Waals surface area contributed by atoms with E-state index in [0.29, 0.717) is 12.8 Å². The van der Waals surface area contributed by atoms with E-state index in [1.54, 1.807) is 7.05 Å². The van der Waals surface area contributed by atoms with Crippen LogP contribution in [0.25, 0.3) is 0 Å². The van der Waals surface area contributed by atoms with Crippen molar-refractivity contribution in [3.8, 4) is 0 Å². The molecule has 0 bridgehead atoms. The van der Waals surface area contributed by atoms with Crippen molar-refractivity contribution in [1.82, 2.24) is 5.32 Å². The first-order chi connectivity index (χ1) is 5.72. The molecular formula is C8H16BrNO2. The van der Waals surface area contributed by atoms with Gasteiger partial charge in [-0.2, -0.15) is 0 Å². The molecule has 3 nitrogen and oxygen atoms in total. The highest BCUT2D eigenvalue weighted by atomic mass is 79.9. The lowest BCUT2D eigenvalue weighted by Gasteiger charge is -2.03. The first kappa shape index (κ1) is 14.2. The third-order valence-electron chi connectivity index (χ3n) is 1.07. The van der Waals surface area contributed by atoms with E-state index < -0.39 is 0 Å². The molecule has 72 valence electrons. The van der Waals surface area contributed by atoms with E-state index in [1.807, 2.05) is 13.8 Å². The van der Waals surface area contributed by atoms with Crippen molar-refractivity contribution in [2.45, 2.75) is 31.5 Å². The standard InChI is InChI=1S/C6H10BrNO2.C2H6/c1-8-6(10)5(7)3-2-4-9;1-2/h4-5H,2-3H2,1H3,(H,8,10);1-2H3. The van der Waals surface area contributed by atoms with Gasteiger partial charge in [-0.1, -0.05) is 29.8 Å². The van der Waals surface area contributed by atoms with Crippen molar-refractivity contribution in [2.75, 3.05) is 7.05 Å². The Morgan fingerprint density at radius 2 is 2.08 bits per heavy atom. The van der Waals surface area contributed by atoms with Crippen LogP contribution in [0.2, 0.25) is 0 Å². The zero-order valence-corrected chi connectivity index (χ0v) is 9.35. The van der Waals surface area contributed by atoms with Gasteiger partial charge in [0.05, 0.1) is 4.83 Å². The average Bonchev–Trinajstić information content (AvgIpc) is 2.16. The minimum absolute atomic E-state index is 0.0816. The highest BCUT2D eigenvalue weighted by Gasteiger charge is 2.10. The van der Waals surface area contributed by atoms with Gasteiger partial charge in [0.1, 0.15) is 6.29 Å². The highest BCUT2D eigenvalue weighted by Crippen LogP contribution is 2.05. The molecule has 0 aromatic rings. The Morgan fingerprint density at radius 1 is 1.58 bits per heavy atom. The molecule has 0 spiro atoms. The highest BCUT2D eigenvalue weighted by molar-refractivity contribution is 9.10. The summed E-state index contributed by atoms with van der Waals surface area (Å²) in [4.78, 5) is 20.4. The first-order valence-electron chi connectivity index (χ1n) is 4.01. The van der Waals surface area contributed by atoms with E-state index in [-0.39, 0.29) is 10.7 Å². The summed E-state index contributed by atoms with van der Waals surface area (Å²) in [5, 5.41) is 2.47. The van der Waals surface area contributed by atoms with E-state index in [1.165, 1.54) is 0 Å². The largest absolute Gasteiger partial charge is 0.358 e. The molecule has 1 amide bonds. The van der Waals surface area contributed by atoms with Crippen LogP contribution in [0, 0.1) is 0 Å². The summed E-state index contributed by atoms with van der Waals surface area (Å²) < 4.78 is 0. The Labute approximate surface area is 82.0 Å². The molecule has 12 heavy (non-hydrogen) atoms. The van der Waals surface area contributed by atoms with Gasteiger partial charge in [-0.15, -0.1) is 0 Å². The van der Waals surface area contributed by atoms with Crippen LogP contribution in [0.3, 0.4) is 0 Å². The Morgan fingerprint density at radius 3 is 2.42 bits per heavy atom. The molecule has 0 aromatic carbocycles. The van der Waals surface area contributed by atoms with Crippen LogP contribution in [0.5, 0.6) is 0 Å². The normalized spacial score (nSPS) is 10.7. The molecule has 0 aromatic heterocycles. The second-order valence-corrected chi connectivity index (χ2v) is 2.93. The van der Waals surface area contributed by atoms with E-state index in [0.717, 1.165) is 6.29 Å². The number of halogens is 1. The fraction of sp³-hybridized carbons (Fsp3) is 0.750. The quantitative estimate of drug-likeness (QED) is 0.596. The van der Waals surface area contributed by atoms with Crippen LogP contribution in [-0.4, -0.2) is 24.1 Å². The van der Waals surface area contributed by atoms with Gasteiger partial charge in [0.15, 0.2) is 0 Å². The lowest BCUT2D eigenvalue weighted by molar-refractivity contribution is -0.120. The number of hydrogen-bond donors (Lipinski definition) is 1. The summed E-state index contributed by atoms with van der Waals surface area (Å²) in [6.45, 7) is 4.00. The van der Waals surface area contributed by atoms with Gasteiger partial charge < -0.3 is 10.1 Å². The maximum absolute atomic E-state index is 10.7. The van der Waals surface area contributed by atoms with E-state index in [9.17, 15) is 9.59 Å². The van der Waals surface area contributed by atoms with Gasteiger partial charge in [-0.05, 0) is 6.42 Å². The number of nitrogens with one attached hydrogen (secondary N) is 1. The van der Waals surface area contributed by atoms with Gasteiger partial charge in [0.25, 0.3) is 0 Å². The second kappa shape index (κ2) is 10.6. The maximum atomic E-state index is 10.7. The number of amides is 1. The Balaban J connectivity index is 0. The molecule has 0 radical (unpaired) electrons. The van der Waals surface area contributed by atoms with Crippen molar-refractivity contribution in [3.05, 3.63) is 0 Å². The molecule has 0 fully saturated rings. The van der Waals surface area contributed by atoms with Gasteiger partial charge in [-0.3, -0.25) is 4.79 Å². The van der Waals surface area contributed by atoms with E-state index in [4.69, 9.17) is 0 Å². The summed E-state index contributed by atoms with van der Waals surface area (Å²) >= 11 is 3.13. The second-order valence-electron chi connectivity index (χ2n) is 1.83. The SMILES string of the molecule is CC.CNC(=O)C(Br)CCC=O. The van der Waals surface area contributed by atoms with Crippen molar-refractivity contribution >= 4 is 28.1 Å². The van der Waals surface area contributed by atoms with Gasteiger partial charge in [0.2, 0.25) is 5.91 Å². The summed E-state index contributed by atoms with van der Waals surface area (Å²) in [5.41, 5.74) is 0. The van der Waals surface area contributed by atoms with Crippen molar-refractivity contribution < 1.29 is 9.59 Å².